The lowest BCUT2D eigenvalue weighted by Crippen LogP contribution is -2.23. The predicted molar refractivity (Wildman–Crippen MR) is 73.1 cm³/mol. The van der Waals surface area contributed by atoms with Crippen LogP contribution in [0.15, 0.2) is 4.60 Å². The van der Waals surface area contributed by atoms with Gasteiger partial charge in [0.2, 0.25) is 0 Å². The lowest BCUT2D eigenvalue weighted by atomic mass is 9.98. The number of aromatic carboxylic acids is 1. The zero-order chi connectivity index (χ0) is 13.5. The maximum Gasteiger partial charge on any atom is 0.356 e. The molecule has 1 aliphatic carbocycles. The number of aromatic nitrogens is 2. The van der Waals surface area contributed by atoms with E-state index in [2.05, 4.69) is 21.0 Å². The average molecular weight is 315 g/mol. The van der Waals surface area contributed by atoms with Gasteiger partial charge in [-0.15, -0.1) is 0 Å². The van der Waals surface area contributed by atoms with Crippen molar-refractivity contribution in [1.82, 2.24) is 9.78 Å². The fourth-order valence-electron chi connectivity index (χ4n) is 2.59. The Bertz CT molecular complexity index is 468. The molecule has 0 amide bonds. The molecule has 1 aliphatic rings. The standard InChI is InChI=1S/C13H19BrN2O2/c1-13(2,3)16-11(14)9(8-6-4-5-7-8)10(15-16)12(17)18/h8H,4-7H2,1-3H3,(H,17,18). The highest BCUT2D eigenvalue weighted by atomic mass is 79.9. The van der Waals surface area contributed by atoms with E-state index in [0.717, 1.165) is 23.0 Å². The number of nitrogens with zero attached hydrogens (tertiary/aromatic N) is 2. The van der Waals surface area contributed by atoms with E-state index in [1.165, 1.54) is 12.8 Å². The summed E-state index contributed by atoms with van der Waals surface area (Å²) in [5.41, 5.74) is 0.874. The molecule has 1 N–H and O–H groups in total. The number of carboxylic acids is 1. The van der Waals surface area contributed by atoms with Crippen molar-refractivity contribution in [2.24, 2.45) is 0 Å². The van der Waals surface area contributed by atoms with Gasteiger partial charge in [-0.3, -0.25) is 4.68 Å². The molecule has 0 saturated heterocycles. The Kier molecular flexibility index (Phi) is 3.54. The average Bonchev–Trinajstić information content (AvgIpc) is 2.81. The van der Waals surface area contributed by atoms with Crippen LogP contribution in [0.4, 0.5) is 0 Å². The van der Waals surface area contributed by atoms with E-state index in [-0.39, 0.29) is 11.2 Å². The largest absolute Gasteiger partial charge is 0.476 e. The summed E-state index contributed by atoms with van der Waals surface area (Å²) in [6.45, 7) is 6.07. The van der Waals surface area contributed by atoms with Crippen molar-refractivity contribution in [3.63, 3.8) is 0 Å². The Balaban J connectivity index is 2.55. The minimum Gasteiger partial charge on any atom is -0.476 e. The van der Waals surface area contributed by atoms with Gasteiger partial charge >= 0.3 is 5.97 Å². The number of carbonyl (C=O) groups is 1. The van der Waals surface area contributed by atoms with E-state index in [9.17, 15) is 9.90 Å². The molecule has 0 atom stereocenters. The molecule has 0 aromatic carbocycles. The summed E-state index contributed by atoms with van der Waals surface area (Å²) in [6.07, 6.45) is 4.48. The fraction of sp³-hybridized carbons (Fsp3) is 0.692. The third kappa shape index (κ3) is 2.32. The second-order valence-electron chi connectivity index (χ2n) is 5.92. The van der Waals surface area contributed by atoms with Gasteiger partial charge in [0.1, 0.15) is 4.60 Å². The summed E-state index contributed by atoms with van der Waals surface area (Å²) in [5.74, 6) is -0.595. The zero-order valence-electron chi connectivity index (χ0n) is 11.0. The Hall–Kier alpha value is -0.840. The Morgan fingerprint density at radius 3 is 2.39 bits per heavy atom. The second kappa shape index (κ2) is 4.68. The molecule has 0 radical (unpaired) electrons. The van der Waals surface area contributed by atoms with Crippen molar-refractivity contribution in [3.8, 4) is 0 Å². The SMILES string of the molecule is CC(C)(C)n1nc(C(=O)O)c(C2CCCC2)c1Br. The van der Waals surface area contributed by atoms with Gasteiger partial charge in [-0.1, -0.05) is 12.8 Å². The van der Waals surface area contributed by atoms with Crippen LogP contribution in [0.5, 0.6) is 0 Å². The van der Waals surface area contributed by atoms with Crippen LogP contribution in [-0.4, -0.2) is 20.9 Å². The van der Waals surface area contributed by atoms with Crippen LogP contribution in [0.1, 0.15) is 68.4 Å². The van der Waals surface area contributed by atoms with Crippen LogP contribution in [0.3, 0.4) is 0 Å². The first-order chi connectivity index (χ1) is 8.32. The smallest absolute Gasteiger partial charge is 0.356 e. The van der Waals surface area contributed by atoms with E-state index < -0.39 is 5.97 Å². The summed E-state index contributed by atoms with van der Waals surface area (Å²) in [5, 5.41) is 13.6. The fourth-order valence-corrected chi connectivity index (χ4v) is 3.71. The molecule has 1 aromatic heterocycles. The molecule has 1 heterocycles. The quantitative estimate of drug-likeness (QED) is 0.904. The summed E-state index contributed by atoms with van der Waals surface area (Å²) < 4.78 is 2.61. The summed E-state index contributed by atoms with van der Waals surface area (Å²) in [6, 6.07) is 0. The van der Waals surface area contributed by atoms with Crippen molar-refractivity contribution >= 4 is 21.9 Å². The topological polar surface area (TPSA) is 55.1 Å². The molecule has 0 unspecified atom stereocenters. The minimum atomic E-state index is -0.930. The van der Waals surface area contributed by atoms with Crippen LogP contribution in [0.25, 0.3) is 0 Å². The van der Waals surface area contributed by atoms with Gasteiger partial charge in [-0.2, -0.15) is 5.10 Å². The van der Waals surface area contributed by atoms with Crippen LogP contribution >= 0.6 is 15.9 Å². The van der Waals surface area contributed by atoms with Gasteiger partial charge in [0.25, 0.3) is 0 Å². The maximum atomic E-state index is 11.4. The summed E-state index contributed by atoms with van der Waals surface area (Å²) in [7, 11) is 0. The molecule has 0 bridgehead atoms. The number of hydrogen-bond acceptors (Lipinski definition) is 2. The highest BCUT2D eigenvalue weighted by Crippen LogP contribution is 2.40. The van der Waals surface area contributed by atoms with E-state index in [1.54, 1.807) is 4.68 Å². The van der Waals surface area contributed by atoms with E-state index >= 15 is 0 Å². The molecule has 0 spiro atoms. The Morgan fingerprint density at radius 1 is 1.39 bits per heavy atom. The first-order valence-electron chi connectivity index (χ1n) is 6.34. The number of hydrogen-bond donors (Lipinski definition) is 1. The third-order valence-corrected chi connectivity index (χ3v) is 4.23. The first kappa shape index (κ1) is 13.6. The van der Waals surface area contributed by atoms with Crippen molar-refractivity contribution in [3.05, 3.63) is 15.9 Å². The summed E-state index contributed by atoms with van der Waals surface area (Å²) in [4.78, 5) is 11.4. The molecule has 1 saturated carbocycles. The van der Waals surface area contributed by atoms with Crippen LogP contribution < -0.4 is 0 Å². The van der Waals surface area contributed by atoms with Gasteiger partial charge in [0.05, 0.1) is 5.54 Å². The molecule has 2 rings (SSSR count). The summed E-state index contributed by atoms with van der Waals surface area (Å²) >= 11 is 3.55. The van der Waals surface area contributed by atoms with Crippen molar-refractivity contribution in [2.45, 2.75) is 57.9 Å². The Morgan fingerprint density at radius 2 is 1.94 bits per heavy atom. The number of halogens is 1. The molecule has 100 valence electrons. The Labute approximate surface area is 116 Å². The van der Waals surface area contributed by atoms with Crippen molar-refractivity contribution in [1.29, 1.82) is 0 Å². The normalized spacial score (nSPS) is 17.3. The van der Waals surface area contributed by atoms with Gasteiger partial charge in [-0.25, -0.2) is 4.79 Å². The van der Waals surface area contributed by atoms with Crippen LogP contribution in [-0.2, 0) is 5.54 Å². The second-order valence-corrected chi connectivity index (χ2v) is 6.67. The molecule has 1 fully saturated rings. The van der Waals surface area contributed by atoms with Crippen LogP contribution in [0, 0.1) is 0 Å². The van der Waals surface area contributed by atoms with Gasteiger partial charge in [-0.05, 0) is 55.5 Å². The third-order valence-electron chi connectivity index (χ3n) is 3.46. The minimum absolute atomic E-state index is 0.212. The highest BCUT2D eigenvalue weighted by Gasteiger charge is 2.32. The van der Waals surface area contributed by atoms with E-state index in [4.69, 9.17) is 0 Å². The first-order valence-corrected chi connectivity index (χ1v) is 7.14. The maximum absolute atomic E-state index is 11.4. The lowest BCUT2D eigenvalue weighted by molar-refractivity contribution is 0.0687. The molecule has 4 nitrogen and oxygen atoms in total. The van der Waals surface area contributed by atoms with Crippen molar-refractivity contribution in [2.75, 3.05) is 0 Å². The lowest BCUT2D eigenvalue weighted by Gasteiger charge is -2.21. The highest BCUT2D eigenvalue weighted by molar-refractivity contribution is 9.10. The van der Waals surface area contributed by atoms with Gasteiger partial charge < -0.3 is 5.11 Å². The van der Waals surface area contributed by atoms with Gasteiger partial charge in [0, 0.05) is 5.56 Å². The number of carboxylic acid groups (broad SMARTS) is 1. The van der Waals surface area contributed by atoms with Gasteiger partial charge in [0.15, 0.2) is 5.69 Å². The molecular weight excluding hydrogens is 296 g/mol. The monoisotopic (exact) mass is 314 g/mol. The molecule has 5 heteroatoms. The molecule has 18 heavy (non-hydrogen) atoms. The predicted octanol–water partition coefficient (Wildman–Crippen LogP) is 3.76. The van der Waals surface area contributed by atoms with Crippen molar-refractivity contribution < 1.29 is 9.90 Å². The van der Waals surface area contributed by atoms with E-state index in [0.29, 0.717) is 5.92 Å². The van der Waals surface area contributed by atoms with Crippen LogP contribution in [0.2, 0.25) is 0 Å². The number of rotatable bonds is 2. The molecular formula is C13H19BrN2O2. The van der Waals surface area contributed by atoms with E-state index in [1.807, 2.05) is 20.8 Å². The molecule has 0 aliphatic heterocycles. The molecule has 1 aromatic rings. The zero-order valence-corrected chi connectivity index (χ0v) is 12.6.